The van der Waals surface area contributed by atoms with Crippen molar-refractivity contribution in [2.45, 2.75) is 19.9 Å². The quantitative estimate of drug-likeness (QED) is 0.296. The normalized spacial score (nSPS) is 10.8. The molecule has 0 spiro atoms. The van der Waals surface area contributed by atoms with E-state index in [9.17, 15) is 0 Å². The third-order valence-corrected chi connectivity index (χ3v) is 6.66. The Bertz CT molecular complexity index is 766. The Kier molecular flexibility index (Phi) is 5.91. The maximum absolute atomic E-state index is 5.87. The smallest absolute Gasteiger partial charge is 0.357 e. The van der Waals surface area contributed by atoms with Crippen molar-refractivity contribution in [1.29, 1.82) is 0 Å². The predicted octanol–water partition coefficient (Wildman–Crippen LogP) is 0.219. The van der Waals surface area contributed by atoms with E-state index in [1.54, 1.807) is 0 Å². The van der Waals surface area contributed by atoms with Crippen molar-refractivity contribution in [2.75, 3.05) is 6.61 Å². The van der Waals surface area contributed by atoms with Crippen LogP contribution in [0.1, 0.15) is 12.2 Å². The second-order valence-electron chi connectivity index (χ2n) is 5.70. The van der Waals surface area contributed by atoms with Gasteiger partial charge in [-0.2, -0.15) is 0 Å². The molecule has 0 bridgehead atoms. The highest BCUT2D eigenvalue weighted by molar-refractivity contribution is 5.20. The van der Waals surface area contributed by atoms with E-state index in [-0.39, 0.29) is 21.2 Å². The minimum absolute atomic E-state index is 0.0944. The standard InChI is InChI=1S/C20H23IN2O/c1-17-22(2)14-15-23(17)13-6-16-24-20-11-9-19(10-12-20)21-18-7-4-3-5-8-18/h3-5,7-12,14-15H,6,13,16H2,1-2H3/q+2. The van der Waals surface area contributed by atoms with E-state index in [1.165, 1.54) is 13.0 Å². The maximum atomic E-state index is 5.87. The number of ether oxygens (including phenoxy) is 1. The van der Waals surface area contributed by atoms with E-state index in [0.29, 0.717) is 0 Å². The Labute approximate surface area is 154 Å². The van der Waals surface area contributed by atoms with Gasteiger partial charge < -0.3 is 4.74 Å². The first-order valence-electron chi connectivity index (χ1n) is 8.16. The Hall–Kier alpha value is -1.82. The molecule has 4 heteroatoms. The molecular formula is C20H23IN2O+2. The molecule has 0 aliphatic carbocycles. The predicted molar refractivity (Wildman–Crippen MR) is 90.7 cm³/mol. The molecule has 1 heterocycles. The lowest BCUT2D eigenvalue weighted by Gasteiger charge is -2.05. The van der Waals surface area contributed by atoms with Gasteiger partial charge in [0.25, 0.3) is 5.82 Å². The highest BCUT2D eigenvalue weighted by atomic mass is 127. The summed E-state index contributed by atoms with van der Waals surface area (Å²) in [5.41, 5.74) is 0. The van der Waals surface area contributed by atoms with Crippen LogP contribution in [-0.4, -0.2) is 11.2 Å². The zero-order chi connectivity index (χ0) is 16.8. The number of rotatable bonds is 7. The van der Waals surface area contributed by atoms with Crippen molar-refractivity contribution >= 4 is 0 Å². The topological polar surface area (TPSA) is 18.0 Å². The molecule has 0 unspecified atom stereocenters. The summed E-state index contributed by atoms with van der Waals surface area (Å²) >= 11 is -0.0944. The number of imidazole rings is 1. The minimum Gasteiger partial charge on any atom is -0.493 e. The first kappa shape index (κ1) is 17.0. The van der Waals surface area contributed by atoms with Crippen molar-refractivity contribution in [3.8, 4) is 5.75 Å². The Morgan fingerprint density at radius 2 is 1.71 bits per heavy atom. The fourth-order valence-electron chi connectivity index (χ4n) is 2.46. The highest BCUT2D eigenvalue weighted by Crippen LogP contribution is 2.09. The molecule has 0 saturated carbocycles. The monoisotopic (exact) mass is 434 g/mol. The summed E-state index contributed by atoms with van der Waals surface area (Å²) in [6.45, 7) is 3.87. The Morgan fingerprint density at radius 1 is 1.00 bits per heavy atom. The molecule has 0 N–H and O–H groups in total. The zero-order valence-corrected chi connectivity index (χ0v) is 16.3. The van der Waals surface area contributed by atoms with Gasteiger partial charge in [-0.25, -0.2) is 9.13 Å². The molecule has 3 rings (SSSR count). The van der Waals surface area contributed by atoms with Crippen molar-refractivity contribution < 1.29 is 30.5 Å². The number of hydrogen-bond donors (Lipinski definition) is 0. The minimum atomic E-state index is -0.0944. The fraction of sp³-hybridized carbons (Fsp3) is 0.250. The summed E-state index contributed by atoms with van der Waals surface area (Å²) in [6.07, 6.45) is 5.22. The molecule has 3 aromatic rings. The summed E-state index contributed by atoms with van der Waals surface area (Å²) in [5, 5.41) is 0. The molecular weight excluding hydrogens is 411 g/mol. The van der Waals surface area contributed by atoms with Gasteiger partial charge in [0.05, 0.1) is 20.2 Å². The van der Waals surface area contributed by atoms with Crippen molar-refractivity contribution in [3.05, 3.63) is 80.0 Å². The zero-order valence-electron chi connectivity index (χ0n) is 14.2. The molecule has 3 nitrogen and oxygen atoms in total. The van der Waals surface area contributed by atoms with Gasteiger partial charge in [-0.05, 0) is 36.4 Å². The largest absolute Gasteiger partial charge is 0.493 e. The van der Waals surface area contributed by atoms with E-state index in [2.05, 4.69) is 90.1 Å². The molecule has 24 heavy (non-hydrogen) atoms. The Morgan fingerprint density at radius 3 is 2.38 bits per heavy atom. The van der Waals surface area contributed by atoms with E-state index in [1.807, 2.05) is 0 Å². The Balaban J connectivity index is 1.45. The van der Waals surface area contributed by atoms with Gasteiger partial charge in [0, 0.05) is 13.3 Å². The van der Waals surface area contributed by atoms with Gasteiger partial charge in [0.2, 0.25) is 0 Å². The number of benzene rings is 2. The highest BCUT2D eigenvalue weighted by Gasteiger charge is 2.14. The molecule has 0 radical (unpaired) electrons. The molecule has 1 aromatic heterocycles. The number of halogens is 1. The second-order valence-corrected chi connectivity index (χ2v) is 8.73. The molecule has 0 amide bonds. The first-order chi connectivity index (χ1) is 11.7. The van der Waals surface area contributed by atoms with Crippen LogP contribution in [0.2, 0.25) is 0 Å². The van der Waals surface area contributed by atoms with Crippen LogP contribution in [0.5, 0.6) is 5.75 Å². The summed E-state index contributed by atoms with van der Waals surface area (Å²) in [7, 11) is 2.07. The summed E-state index contributed by atoms with van der Waals surface area (Å²) in [5.74, 6) is 2.23. The number of nitrogens with zero attached hydrogens (tertiary/aromatic N) is 2. The molecule has 0 atom stereocenters. The molecule has 0 saturated heterocycles. The van der Waals surface area contributed by atoms with E-state index >= 15 is 0 Å². The van der Waals surface area contributed by atoms with Crippen LogP contribution in [0.15, 0.2) is 67.0 Å². The number of aryl methyl sites for hydroxylation is 2. The van der Waals surface area contributed by atoms with E-state index in [4.69, 9.17) is 4.74 Å². The van der Waals surface area contributed by atoms with Crippen LogP contribution in [-0.2, 0) is 13.6 Å². The van der Waals surface area contributed by atoms with Crippen molar-refractivity contribution in [2.24, 2.45) is 7.05 Å². The number of hydrogen-bond acceptors (Lipinski definition) is 1. The third kappa shape index (κ3) is 4.60. The summed E-state index contributed by atoms with van der Waals surface area (Å²) in [6, 6.07) is 19.3. The fourth-order valence-corrected chi connectivity index (χ4v) is 4.67. The van der Waals surface area contributed by atoms with Crippen LogP contribution in [0.25, 0.3) is 0 Å². The van der Waals surface area contributed by atoms with E-state index < -0.39 is 0 Å². The van der Waals surface area contributed by atoms with Crippen LogP contribution >= 0.6 is 0 Å². The van der Waals surface area contributed by atoms with Crippen molar-refractivity contribution in [1.82, 2.24) is 4.57 Å². The summed E-state index contributed by atoms with van der Waals surface area (Å²) in [4.78, 5) is 0. The lowest BCUT2D eigenvalue weighted by atomic mass is 10.3. The van der Waals surface area contributed by atoms with Gasteiger partial charge in [0.15, 0.2) is 7.14 Å². The maximum Gasteiger partial charge on any atom is 0.357 e. The molecule has 0 fully saturated rings. The van der Waals surface area contributed by atoms with E-state index in [0.717, 1.165) is 25.3 Å². The number of aromatic nitrogens is 2. The van der Waals surface area contributed by atoms with Gasteiger partial charge in [-0.3, -0.25) is 0 Å². The van der Waals surface area contributed by atoms with Gasteiger partial charge in [-0.15, -0.1) is 0 Å². The first-order valence-corrected chi connectivity index (χ1v) is 10.3. The van der Waals surface area contributed by atoms with Crippen LogP contribution in [0.3, 0.4) is 0 Å². The van der Waals surface area contributed by atoms with Gasteiger partial charge in [-0.1, -0.05) is 18.2 Å². The van der Waals surface area contributed by atoms with Gasteiger partial charge in [0.1, 0.15) is 18.1 Å². The van der Waals surface area contributed by atoms with Crippen LogP contribution < -0.4 is 30.5 Å². The molecule has 124 valence electrons. The summed E-state index contributed by atoms with van der Waals surface area (Å²) < 4.78 is 13.1. The van der Waals surface area contributed by atoms with Crippen LogP contribution in [0.4, 0.5) is 0 Å². The lowest BCUT2D eigenvalue weighted by molar-refractivity contribution is -0.677. The third-order valence-electron chi connectivity index (χ3n) is 3.97. The average molecular weight is 434 g/mol. The SMILES string of the molecule is Cc1n(CCCOc2ccc([I+]c3ccccc3)cc2)cc[n+]1C. The molecule has 2 aromatic carbocycles. The second kappa shape index (κ2) is 8.33. The van der Waals surface area contributed by atoms with Crippen molar-refractivity contribution in [3.63, 3.8) is 0 Å². The molecule has 0 aliphatic heterocycles. The van der Waals surface area contributed by atoms with Gasteiger partial charge >= 0.3 is 21.2 Å². The lowest BCUT2D eigenvalue weighted by Crippen LogP contribution is -3.61. The molecule has 0 aliphatic rings. The van der Waals surface area contributed by atoms with Crippen LogP contribution in [0, 0.1) is 14.1 Å². The average Bonchev–Trinajstić information content (AvgIpc) is 2.93.